The Hall–Kier alpha value is -2.02. The van der Waals surface area contributed by atoms with Crippen LogP contribution >= 0.6 is 12.4 Å². The number of carbonyl (C=O) groups excluding carboxylic acids is 2. The molecule has 1 aromatic rings. The van der Waals surface area contributed by atoms with Gasteiger partial charge in [-0.15, -0.1) is 12.4 Å². The zero-order valence-corrected chi connectivity index (χ0v) is 12.0. The summed E-state index contributed by atoms with van der Waals surface area (Å²) in [5.41, 5.74) is -0.919. The highest BCUT2D eigenvalue weighted by atomic mass is 35.5. The van der Waals surface area contributed by atoms with Gasteiger partial charge in [-0.05, 0) is 5.92 Å². The fraction of sp³-hybridized carbons (Fsp3) is 0.417. The fourth-order valence-corrected chi connectivity index (χ4v) is 1.27. The zero-order valence-electron chi connectivity index (χ0n) is 11.2. The smallest absolute Gasteiger partial charge is 0.272 e. The molecule has 0 radical (unpaired) electrons. The summed E-state index contributed by atoms with van der Waals surface area (Å²) < 4.78 is 0. The molecule has 112 valence electrons. The van der Waals surface area contributed by atoms with E-state index in [1.807, 2.05) is 13.8 Å². The Balaban J connectivity index is 0.00000361. The van der Waals surface area contributed by atoms with Gasteiger partial charge < -0.3 is 20.7 Å². The number of aromatic nitrogens is 1. The van der Waals surface area contributed by atoms with E-state index in [2.05, 4.69) is 15.6 Å². The van der Waals surface area contributed by atoms with E-state index in [9.17, 15) is 19.5 Å². The first kappa shape index (κ1) is 18.0. The molecule has 2 amide bonds. The Morgan fingerprint density at radius 3 is 2.60 bits per heavy atom. The number of aromatic amines is 1. The number of aromatic hydroxyl groups is 1. The van der Waals surface area contributed by atoms with Gasteiger partial charge >= 0.3 is 0 Å². The van der Waals surface area contributed by atoms with Crippen LogP contribution in [0.25, 0.3) is 0 Å². The standard InChI is InChI=1S/C12H17N3O4.ClH/c1-7(2)5-14-9(17)6-15-12(19)10-11(18)8(16)3-4-13-10;/h3-4,7,18H,5-6H2,1-2H3,(H,13,16)(H,14,17)(H,15,19);1H. The van der Waals surface area contributed by atoms with Crippen LogP contribution in [0.1, 0.15) is 24.3 Å². The molecule has 0 saturated heterocycles. The topological polar surface area (TPSA) is 111 Å². The summed E-state index contributed by atoms with van der Waals surface area (Å²) in [6, 6.07) is 1.10. The van der Waals surface area contributed by atoms with Gasteiger partial charge in [0.05, 0.1) is 6.54 Å². The largest absolute Gasteiger partial charge is 0.503 e. The van der Waals surface area contributed by atoms with Crippen molar-refractivity contribution in [1.29, 1.82) is 0 Å². The van der Waals surface area contributed by atoms with Crippen LogP contribution in [0.3, 0.4) is 0 Å². The molecule has 0 atom stereocenters. The number of carbonyl (C=O) groups is 2. The van der Waals surface area contributed by atoms with Gasteiger partial charge in [0.1, 0.15) is 0 Å². The minimum absolute atomic E-state index is 0. The highest BCUT2D eigenvalue weighted by Crippen LogP contribution is 2.05. The fourth-order valence-electron chi connectivity index (χ4n) is 1.27. The predicted molar refractivity (Wildman–Crippen MR) is 76.2 cm³/mol. The number of hydrogen-bond donors (Lipinski definition) is 4. The van der Waals surface area contributed by atoms with E-state index in [1.54, 1.807) is 0 Å². The number of hydrogen-bond acceptors (Lipinski definition) is 4. The Morgan fingerprint density at radius 2 is 2.00 bits per heavy atom. The van der Waals surface area contributed by atoms with Crippen molar-refractivity contribution in [2.45, 2.75) is 13.8 Å². The molecule has 1 rings (SSSR count). The van der Waals surface area contributed by atoms with Crippen molar-refractivity contribution >= 4 is 24.2 Å². The minimum Gasteiger partial charge on any atom is -0.503 e. The van der Waals surface area contributed by atoms with Crippen LogP contribution in [0.15, 0.2) is 17.1 Å². The maximum atomic E-state index is 11.6. The van der Waals surface area contributed by atoms with E-state index in [4.69, 9.17) is 0 Å². The third-order valence-corrected chi connectivity index (χ3v) is 2.28. The van der Waals surface area contributed by atoms with Gasteiger partial charge in [-0.25, -0.2) is 0 Å². The van der Waals surface area contributed by atoms with Gasteiger partial charge in [0, 0.05) is 18.8 Å². The SMILES string of the molecule is CC(C)CNC(=O)CNC(=O)c1[nH]ccc(=O)c1O.Cl. The van der Waals surface area contributed by atoms with Gasteiger partial charge in [0.25, 0.3) is 5.91 Å². The molecule has 1 heterocycles. The van der Waals surface area contributed by atoms with Gasteiger partial charge in [-0.1, -0.05) is 13.8 Å². The van der Waals surface area contributed by atoms with Crippen LogP contribution in [-0.2, 0) is 4.79 Å². The summed E-state index contributed by atoms with van der Waals surface area (Å²) in [6.07, 6.45) is 1.25. The predicted octanol–water partition coefficient (Wildman–Crippen LogP) is 0.00430. The van der Waals surface area contributed by atoms with Crippen LogP contribution in [0.5, 0.6) is 5.75 Å². The second-order valence-corrected chi connectivity index (χ2v) is 4.45. The maximum absolute atomic E-state index is 11.6. The van der Waals surface area contributed by atoms with Gasteiger partial charge in [0.2, 0.25) is 11.3 Å². The molecule has 0 bridgehead atoms. The van der Waals surface area contributed by atoms with E-state index in [-0.39, 0.29) is 30.6 Å². The zero-order chi connectivity index (χ0) is 14.4. The van der Waals surface area contributed by atoms with E-state index >= 15 is 0 Å². The summed E-state index contributed by atoms with van der Waals surface area (Å²) in [5, 5.41) is 14.3. The molecule has 0 saturated carbocycles. The van der Waals surface area contributed by atoms with E-state index in [1.165, 1.54) is 6.20 Å². The summed E-state index contributed by atoms with van der Waals surface area (Å²) in [4.78, 5) is 36.6. The molecule has 0 aliphatic carbocycles. The number of H-pyrrole nitrogens is 1. The van der Waals surface area contributed by atoms with Crippen molar-refractivity contribution in [1.82, 2.24) is 15.6 Å². The molecule has 20 heavy (non-hydrogen) atoms. The summed E-state index contributed by atoms with van der Waals surface area (Å²) in [7, 11) is 0. The van der Waals surface area contributed by atoms with E-state index in [0.29, 0.717) is 12.5 Å². The van der Waals surface area contributed by atoms with Crippen molar-refractivity contribution in [3.05, 3.63) is 28.2 Å². The van der Waals surface area contributed by atoms with E-state index < -0.39 is 17.1 Å². The number of amides is 2. The Kier molecular flexibility index (Phi) is 7.38. The Morgan fingerprint density at radius 1 is 1.35 bits per heavy atom. The van der Waals surface area contributed by atoms with Gasteiger partial charge in [-0.2, -0.15) is 0 Å². The molecule has 0 fully saturated rings. The lowest BCUT2D eigenvalue weighted by Gasteiger charge is -2.09. The van der Waals surface area contributed by atoms with Crippen molar-refractivity contribution in [3.63, 3.8) is 0 Å². The number of halogens is 1. The van der Waals surface area contributed by atoms with Crippen LogP contribution in [0.4, 0.5) is 0 Å². The normalized spacial score (nSPS) is 9.75. The molecule has 1 aromatic heterocycles. The maximum Gasteiger partial charge on any atom is 0.272 e. The second-order valence-electron chi connectivity index (χ2n) is 4.45. The molecular weight excluding hydrogens is 286 g/mol. The summed E-state index contributed by atoms with van der Waals surface area (Å²) in [6.45, 7) is 4.20. The number of rotatable bonds is 5. The molecule has 8 heteroatoms. The Labute approximate surface area is 122 Å². The molecular formula is C12H18ClN3O4. The Bertz CT molecular complexity index is 528. The third-order valence-electron chi connectivity index (χ3n) is 2.28. The average molecular weight is 304 g/mol. The quantitative estimate of drug-likeness (QED) is 0.613. The summed E-state index contributed by atoms with van der Waals surface area (Å²) >= 11 is 0. The molecule has 0 aromatic carbocycles. The molecule has 0 spiro atoms. The molecule has 0 aliphatic rings. The first-order valence-corrected chi connectivity index (χ1v) is 5.87. The monoisotopic (exact) mass is 303 g/mol. The van der Waals surface area contributed by atoms with Gasteiger partial charge in [-0.3, -0.25) is 14.4 Å². The van der Waals surface area contributed by atoms with Crippen LogP contribution in [0.2, 0.25) is 0 Å². The van der Waals surface area contributed by atoms with Crippen LogP contribution in [-0.4, -0.2) is 35.0 Å². The minimum atomic E-state index is -0.713. The lowest BCUT2D eigenvalue weighted by Crippen LogP contribution is -2.38. The molecule has 0 aliphatic heterocycles. The van der Waals surface area contributed by atoms with Crippen molar-refractivity contribution in [3.8, 4) is 5.75 Å². The van der Waals surface area contributed by atoms with Crippen LogP contribution < -0.4 is 16.1 Å². The van der Waals surface area contributed by atoms with E-state index in [0.717, 1.165) is 6.07 Å². The van der Waals surface area contributed by atoms with Crippen molar-refractivity contribution in [2.75, 3.05) is 13.1 Å². The molecule has 0 unspecified atom stereocenters. The number of nitrogens with one attached hydrogen (secondary N) is 3. The number of pyridine rings is 1. The van der Waals surface area contributed by atoms with Crippen LogP contribution in [0, 0.1) is 5.92 Å². The third kappa shape index (κ3) is 5.31. The second kappa shape index (κ2) is 8.21. The molecule has 4 N–H and O–H groups in total. The van der Waals surface area contributed by atoms with Crippen molar-refractivity contribution < 1.29 is 14.7 Å². The van der Waals surface area contributed by atoms with Crippen molar-refractivity contribution in [2.24, 2.45) is 5.92 Å². The first-order valence-electron chi connectivity index (χ1n) is 5.87. The lowest BCUT2D eigenvalue weighted by atomic mass is 10.2. The highest BCUT2D eigenvalue weighted by Gasteiger charge is 2.14. The molecule has 7 nitrogen and oxygen atoms in total. The first-order chi connectivity index (χ1) is 8.91. The van der Waals surface area contributed by atoms with Gasteiger partial charge in [0.15, 0.2) is 11.4 Å². The average Bonchev–Trinajstić information content (AvgIpc) is 2.36. The lowest BCUT2D eigenvalue weighted by molar-refractivity contribution is -0.120. The summed E-state index contributed by atoms with van der Waals surface area (Å²) in [5.74, 6) is -1.40. The highest BCUT2D eigenvalue weighted by molar-refractivity contribution is 5.96.